The lowest BCUT2D eigenvalue weighted by molar-refractivity contribution is 1.64. The smallest absolute Gasteiger partial charge is 0.0449 e. The molecule has 0 bridgehead atoms. The van der Waals surface area contributed by atoms with Crippen LogP contribution in [-0.2, 0) is 0 Å². The van der Waals surface area contributed by atoms with Gasteiger partial charge in [-0.05, 0) is 42.8 Å². The Hall–Kier alpha value is -1.64. The summed E-state index contributed by atoms with van der Waals surface area (Å²) in [7, 11) is 0. The van der Waals surface area contributed by atoms with Gasteiger partial charge in [0.25, 0.3) is 0 Å². The van der Waals surface area contributed by atoms with Crippen LogP contribution in [0.25, 0.3) is 21.9 Å². The van der Waals surface area contributed by atoms with Crippen LogP contribution in [0, 0.1) is 6.92 Å². The molecule has 0 aliphatic carbocycles. The zero-order valence-electron chi connectivity index (χ0n) is 10.7. The highest BCUT2D eigenvalue weighted by Gasteiger charge is 2.03. The van der Waals surface area contributed by atoms with Crippen LogP contribution in [0.1, 0.15) is 15.3 Å². The van der Waals surface area contributed by atoms with Gasteiger partial charge in [0.15, 0.2) is 0 Å². The second-order valence-electron chi connectivity index (χ2n) is 4.36. The summed E-state index contributed by atoms with van der Waals surface area (Å²) in [5, 5.41) is 0. The van der Waals surface area contributed by atoms with E-state index in [-0.39, 0.29) is 0 Å². The Morgan fingerprint density at radius 2 is 1.47 bits per heavy atom. The number of rotatable bonds is 3. The second-order valence-corrected chi connectivity index (χ2v) is 6.76. The first-order valence-corrected chi connectivity index (χ1v) is 7.84. The Labute approximate surface area is 121 Å². The quantitative estimate of drug-likeness (QED) is 0.556. The predicted octanol–water partition coefficient (Wildman–Crippen LogP) is 5.96. The van der Waals surface area contributed by atoms with E-state index in [0.29, 0.717) is 0 Å². The lowest BCUT2D eigenvalue weighted by atomic mass is 10.2. The molecular weight excluding hydrogens is 268 g/mol. The Kier molecular flexibility index (Phi) is 3.62. The van der Waals surface area contributed by atoms with Crippen molar-refractivity contribution in [1.29, 1.82) is 0 Å². The standard InChI is InChI=1S/C17H14S2/c1-13-7-11-16(18-13)17-12-10-15(19-17)9-8-14-5-3-2-4-6-14/h2-12H,1H3/b9-8+. The first-order chi connectivity index (χ1) is 9.31. The molecule has 0 atom stereocenters. The minimum atomic E-state index is 1.24. The molecule has 0 N–H and O–H groups in total. The molecule has 2 heteroatoms. The molecule has 0 unspecified atom stereocenters. The van der Waals surface area contributed by atoms with Crippen LogP contribution in [0.3, 0.4) is 0 Å². The number of thiophene rings is 2. The summed E-state index contributed by atoms with van der Waals surface area (Å²) in [6.45, 7) is 2.15. The fourth-order valence-corrected chi connectivity index (χ4v) is 3.75. The van der Waals surface area contributed by atoms with E-state index in [1.54, 1.807) is 0 Å². The summed E-state index contributed by atoms with van der Waals surface area (Å²) >= 11 is 3.70. The molecule has 2 heterocycles. The van der Waals surface area contributed by atoms with Crippen molar-refractivity contribution < 1.29 is 0 Å². The van der Waals surface area contributed by atoms with Crippen molar-refractivity contribution in [1.82, 2.24) is 0 Å². The lowest BCUT2D eigenvalue weighted by Crippen LogP contribution is -1.67. The van der Waals surface area contributed by atoms with E-state index in [2.05, 4.69) is 67.6 Å². The highest BCUT2D eigenvalue weighted by atomic mass is 32.1. The van der Waals surface area contributed by atoms with Gasteiger partial charge in [-0.1, -0.05) is 36.4 Å². The van der Waals surface area contributed by atoms with Gasteiger partial charge in [-0.3, -0.25) is 0 Å². The molecule has 0 amide bonds. The highest BCUT2D eigenvalue weighted by Crippen LogP contribution is 2.33. The molecule has 1 aromatic carbocycles. The molecule has 0 saturated carbocycles. The SMILES string of the molecule is Cc1ccc(-c2ccc(/C=C/c3ccccc3)s2)s1. The summed E-state index contributed by atoms with van der Waals surface area (Å²) in [6, 6.07) is 19.2. The average Bonchev–Trinajstić information content (AvgIpc) is 3.06. The molecule has 2 aromatic heterocycles. The number of aryl methyl sites for hydroxylation is 1. The summed E-state index contributed by atoms with van der Waals surface area (Å²) in [4.78, 5) is 5.38. The van der Waals surface area contributed by atoms with Gasteiger partial charge in [-0.2, -0.15) is 0 Å². The second kappa shape index (κ2) is 5.55. The van der Waals surface area contributed by atoms with Crippen molar-refractivity contribution in [2.45, 2.75) is 6.92 Å². The summed E-state index contributed by atoms with van der Waals surface area (Å²) in [5.41, 5.74) is 1.24. The van der Waals surface area contributed by atoms with E-state index in [1.165, 1.54) is 25.1 Å². The Morgan fingerprint density at radius 1 is 0.737 bits per heavy atom. The summed E-state index contributed by atoms with van der Waals surface area (Å²) in [6.07, 6.45) is 4.35. The van der Waals surface area contributed by atoms with Gasteiger partial charge >= 0.3 is 0 Å². The zero-order chi connectivity index (χ0) is 13.1. The highest BCUT2D eigenvalue weighted by molar-refractivity contribution is 7.22. The van der Waals surface area contributed by atoms with Gasteiger partial charge in [-0.15, -0.1) is 22.7 Å². The van der Waals surface area contributed by atoms with E-state index < -0.39 is 0 Å². The van der Waals surface area contributed by atoms with Crippen molar-refractivity contribution >= 4 is 34.8 Å². The fraction of sp³-hybridized carbons (Fsp3) is 0.0588. The van der Waals surface area contributed by atoms with Crippen molar-refractivity contribution in [2.24, 2.45) is 0 Å². The molecule has 0 fully saturated rings. The van der Waals surface area contributed by atoms with E-state index in [9.17, 15) is 0 Å². The average molecular weight is 282 g/mol. The van der Waals surface area contributed by atoms with Crippen LogP contribution in [0.2, 0.25) is 0 Å². The van der Waals surface area contributed by atoms with Gasteiger partial charge in [-0.25, -0.2) is 0 Å². The molecule has 0 radical (unpaired) electrons. The Bertz CT molecular complexity index is 687. The largest absolute Gasteiger partial charge is 0.140 e. The molecule has 0 aliphatic rings. The maximum atomic E-state index is 2.21. The molecule has 0 saturated heterocycles. The van der Waals surface area contributed by atoms with Gasteiger partial charge in [0.1, 0.15) is 0 Å². The maximum Gasteiger partial charge on any atom is 0.0449 e. The van der Waals surface area contributed by atoms with Crippen LogP contribution in [0.4, 0.5) is 0 Å². The minimum absolute atomic E-state index is 1.24. The zero-order valence-corrected chi connectivity index (χ0v) is 12.3. The molecular formula is C17H14S2. The van der Waals surface area contributed by atoms with Crippen LogP contribution >= 0.6 is 22.7 Å². The van der Waals surface area contributed by atoms with Crippen molar-refractivity contribution in [3.63, 3.8) is 0 Å². The lowest BCUT2D eigenvalue weighted by Gasteiger charge is -1.90. The third-order valence-corrected chi connectivity index (χ3v) is 5.10. The molecule has 0 spiro atoms. The van der Waals surface area contributed by atoms with Crippen LogP contribution in [0.15, 0.2) is 54.6 Å². The Morgan fingerprint density at radius 3 is 2.21 bits per heavy atom. The van der Waals surface area contributed by atoms with E-state index in [0.717, 1.165) is 0 Å². The normalized spacial score (nSPS) is 11.2. The van der Waals surface area contributed by atoms with Crippen molar-refractivity contribution in [2.75, 3.05) is 0 Å². The van der Waals surface area contributed by atoms with Crippen LogP contribution in [-0.4, -0.2) is 0 Å². The monoisotopic (exact) mass is 282 g/mol. The van der Waals surface area contributed by atoms with Gasteiger partial charge in [0.05, 0.1) is 0 Å². The molecule has 94 valence electrons. The van der Waals surface area contributed by atoms with Crippen LogP contribution < -0.4 is 0 Å². The molecule has 0 nitrogen and oxygen atoms in total. The molecule has 3 aromatic rings. The summed E-state index contributed by atoms with van der Waals surface area (Å²) < 4.78 is 0. The predicted molar refractivity (Wildman–Crippen MR) is 87.7 cm³/mol. The van der Waals surface area contributed by atoms with E-state index in [4.69, 9.17) is 0 Å². The third kappa shape index (κ3) is 3.03. The maximum absolute atomic E-state index is 2.21. The van der Waals surface area contributed by atoms with Gasteiger partial charge in [0.2, 0.25) is 0 Å². The number of benzene rings is 1. The minimum Gasteiger partial charge on any atom is -0.140 e. The van der Waals surface area contributed by atoms with Gasteiger partial charge in [0, 0.05) is 19.5 Å². The first-order valence-electron chi connectivity index (χ1n) is 6.21. The van der Waals surface area contributed by atoms with Gasteiger partial charge < -0.3 is 0 Å². The third-order valence-electron chi connectivity index (χ3n) is 2.85. The van der Waals surface area contributed by atoms with Crippen molar-refractivity contribution in [3.8, 4) is 9.75 Å². The number of hydrogen-bond donors (Lipinski definition) is 0. The summed E-state index contributed by atoms with van der Waals surface area (Å²) in [5.74, 6) is 0. The first kappa shape index (κ1) is 12.4. The van der Waals surface area contributed by atoms with Crippen LogP contribution in [0.5, 0.6) is 0 Å². The van der Waals surface area contributed by atoms with E-state index >= 15 is 0 Å². The Balaban J connectivity index is 1.80. The molecule has 3 rings (SSSR count). The molecule has 19 heavy (non-hydrogen) atoms. The topological polar surface area (TPSA) is 0 Å². The van der Waals surface area contributed by atoms with E-state index in [1.807, 2.05) is 28.7 Å². The number of hydrogen-bond acceptors (Lipinski definition) is 2. The fourth-order valence-electron chi connectivity index (χ4n) is 1.88. The molecule has 0 aliphatic heterocycles. The van der Waals surface area contributed by atoms with Crippen molar-refractivity contribution in [3.05, 3.63) is 69.9 Å².